The highest BCUT2D eigenvalue weighted by atomic mass is 16.6. The topological polar surface area (TPSA) is 46.6 Å². The fourth-order valence-electron chi connectivity index (χ4n) is 2.71. The second-order valence-corrected chi connectivity index (χ2v) is 7.31. The molecule has 0 aromatic heterocycles. The lowest BCUT2D eigenvalue weighted by molar-refractivity contribution is 0.0592. The molecule has 2 rings (SSSR count). The summed E-state index contributed by atoms with van der Waals surface area (Å²) in [6.45, 7) is 9.24. The van der Waals surface area contributed by atoms with Crippen molar-refractivity contribution in [3.63, 3.8) is 0 Å². The fraction of sp³-hybridized carbons (Fsp3) is 0.304. The number of rotatable bonds is 5. The lowest BCUT2D eigenvalue weighted by Crippen LogP contribution is -2.36. The summed E-state index contributed by atoms with van der Waals surface area (Å²) in [6, 6.07) is 16.6. The highest BCUT2D eigenvalue weighted by Gasteiger charge is 2.26. The molecule has 27 heavy (non-hydrogen) atoms. The third-order valence-electron chi connectivity index (χ3n) is 3.94. The van der Waals surface area contributed by atoms with E-state index in [-0.39, 0.29) is 5.78 Å². The number of amides is 1. The van der Waals surface area contributed by atoms with Crippen molar-refractivity contribution in [3.05, 3.63) is 77.5 Å². The zero-order chi connectivity index (χ0) is 20.0. The zero-order valence-corrected chi connectivity index (χ0v) is 16.7. The predicted octanol–water partition coefficient (Wildman–Crippen LogP) is 5.78. The fourth-order valence-corrected chi connectivity index (χ4v) is 2.71. The van der Waals surface area contributed by atoms with Gasteiger partial charge in [-0.25, -0.2) is 4.79 Å². The number of carbonyl (C=O) groups excluding carboxylic acids is 2. The molecule has 0 fully saturated rings. The normalized spacial score (nSPS) is 11.8. The maximum Gasteiger partial charge on any atom is 0.419 e. The van der Waals surface area contributed by atoms with Gasteiger partial charge < -0.3 is 4.74 Å². The van der Waals surface area contributed by atoms with E-state index in [2.05, 4.69) is 0 Å². The van der Waals surface area contributed by atoms with Crippen LogP contribution in [-0.4, -0.2) is 17.5 Å². The minimum atomic E-state index is -0.639. The van der Waals surface area contributed by atoms with E-state index in [9.17, 15) is 9.59 Å². The highest BCUT2D eigenvalue weighted by molar-refractivity contribution is 6.06. The first kappa shape index (κ1) is 20.4. The Morgan fingerprint density at radius 2 is 1.59 bits per heavy atom. The highest BCUT2D eigenvalue weighted by Crippen LogP contribution is 2.27. The summed E-state index contributed by atoms with van der Waals surface area (Å²) in [7, 11) is 0. The second kappa shape index (κ2) is 8.67. The second-order valence-electron chi connectivity index (χ2n) is 7.31. The third-order valence-corrected chi connectivity index (χ3v) is 3.94. The molecule has 0 N–H and O–H groups in total. The molecule has 0 aliphatic rings. The minimum absolute atomic E-state index is 0.157. The number of para-hydroxylation sites is 1. The van der Waals surface area contributed by atoms with Crippen LogP contribution in [-0.2, 0) is 11.2 Å². The number of nitrogens with zero attached hydrogens (tertiary/aromatic N) is 1. The smallest absolute Gasteiger partial charge is 0.419 e. The molecule has 0 bridgehead atoms. The molecule has 0 radical (unpaired) electrons. The molecule has 0 aliphatic carbocycles. The first-order chi connectivity index (χ1) is 12.7. The first-order valence-electron chi connectivity index (χ1n) is 9.11. The Kier molecular flexibility index (Phi) is 6.56. The molecule has 1 amide bonds. The summed E-state index contributed by atoms with van der Waals surface area (Å²) in [4.78, 5) is 27.0. The van der Waals surface area contributed by atoms with Gasteiger partial charge in [0.2, 0.25) is 0 Å². The van der Waals surface area contributed by atoms with Gasteiger partial charge in [0, 0.05) is 17.3 Å². The largest absolute Gasteiger partial charge is 0.443 e. The van der Waals surface area contributed by atoms with E-state index in [1.807, 2.05) is 70.2 Å². The first-order valence-corrected chi connectivity index (χ1v) is 9.11. The summed E-state index contributed by atoms with van der Waals surface area (Å²) < 4.78 is 5.60. The Bertz CT molecular complexity index is 832. The van der Waals surface area contributed by atoms with Crippen molar-refractivity contribution in [1.29, 1.82) is 0 Å². The van der Waals surface area contributed by atoms with Gasteiger partial charge in [-0.15, -0.1) is 0 Å². The van der Waals surface area contributed by atoms with Gasteiger partial charge in [0.05, 0.1) is 5.69 Å². The molecule has 2 aromatic rings. The van der Waals surface area contributed by atoms with Gasteiger partial charge in [0.15, 0.2) is 5.78 Å². The lowest BCUT2D eigenvalue weighted by atomic mass is 10.1. The number of carbonyl (C=O) groups is 2. The summed E-state index contributed by atoms with van der Waals surface area (Å²) in [6.07, 6.45) is 1.74. The van der Waals surface area contributed by atoms with Crippen molar-refractivity contribution in [2.45, 2.75) is 46.6 Å². The molecule has 0 unspecified atom stereocenters. The van der Waals surface area contributed by atoms with Crippen LogP contribution in [0.2, 0.25) is 0 Å². The van der Waals surface area contributed by atoms with Gasteiger partial charge >= 0.3 is 6.09 Å². The Hall–Kier alpha value is -2.88. The molecule has 0 aliphatic heterocycles. The van der Waals surface area contributed by atoms with Crippen molar-refractivity contribution in [2.75, 3.05) is 4.90 Å². The van der Waals surface area contributed by atoms with E-state index in [0.29, 0.717) is 11.3 Å². The van der Waals surface area contributed by atoms with E-state index in [1.165, 1.54) is 11.0 Å². The van der Waals surface area contributed by atoms with Gasteiger partial charge in [-0.05, 0) is 45.7 Å². The van der Waals surface area contributed by atoms with E-state index in [0.717, 1.165) is 17.7 Å². The van der Waals surface area contributed by atoms with Crippen molar-refractivity contribution in [3.8, 4) is 0 Å². The van der Waals surface area contributed by atoms with Crippen LogP contribution in [0.3, 0.4) is 0 Å². The molecule has 2 aromatic carbocycles. The number of hydrogen-bond donors (Lipinski definition) is 0. The lowest BCUT2D eigenvalue weighted by Gasteiger charge is -2.29. The van der Waals surface area contributed by atoms with Crippen molar-refractivity contribution >= 4 is 17.6 Å². The van der Waals surface area contributed by atoms with Gasteiger partial charge in [0.25, 0.3) is 0 Å². The van der Waals surface area contributed by atoms with Crippen LogP contribution in [0.4, 0.5) is 10.5 Å². The predicted molar refractivity (Wildman–Crippen MR) is 109 cm³/mol. The number of ketones is 1. The Labute approximate surface area is 161 Å². The summed E-state index contributed by atoms with van der Waals surface area (Å²) in [5.41, 5.74) is 2.18. The van der Waals surface area contributed by atoms with Gasteiger partial charge in [0.1, 0.15) is 5.60 Å². The van der Waals surface area contributed by atoms with Gasteiger partial charge in [-0.1, -0.05) is 55.5 Å². The van der Waals surface area contributed by atoms with Crippen LogP contribution < -0.4 is 4.90 Å². The maximum atomic E-state index is 12.9. The third kappa shape index (κ3) is 5.55. The minimum Gasteiger partial charge on any atom is -0.443 e. The molecular formula is C23H27NO3. The molecule has 0 atom stereocenters. The number of ether oxygens (including phenoxy) is 1. The number of hydrogen-bond acceptors (Lipinski definition) is 3. The average Bonchev–Trinajstić information content (AvgIpc) is 2.61. The van der Waals surface area contributed by atoms with Crippen LogP contribution in [0.5, 0.6) is 0 Å². The molecule has 0 saturated carbocycles. The van der Waals surface area contributed by atoms with Crippen molar-refractivity contribution in [2.24, 2.45) is 0 Å². The van der Waals surface area contributed by atoms with Crippen LogP contribution >= 0.6 is 0 Å². The summed E-state index contributed by atoms with van der Waals surface area (Å²) in [5.74, 6) is -0.157. The zero-order valence-electron chi connectivity index (χ0n) is 16.7. The van der Waals surface area contributed by atoms with Crippen molar-refractivity contribution in [1.82, 2.24) is 0 Å². The van der Waals surface area contributed by atoms with Crippen LogP contribution in [0.15, 0.2) is 66.4 Å². The summed E-state index contributed by atoms with van der Waals surface area (Å²) >= 11 is 0. The number of benzene rings is 2. The molecule has 0 spiro atoms. The molecule has 0 saturated heterocycles. The molecule has 4 nitrogen and oxygen atoms in total. The van der Waals surface area contributed by atoms with Crippen LogP contribution in [0.25, 0.3) is 0 Å². The monoisotopic (exact) mass is 365 g/mol. The summed E-state index contributed by atoms with van der Waals surface area (Å²) in [5, 5.41) is 0. The molecule has 142 valence electrons. The van der Waals surface area contributed by atoms with Crippen LogP contribution in [0.1, 0.15) is 50.5 Å². The Morgan fingerprint density at radius 1 is 1.00 bits per heavy atom. The van der Waals surface area contributed by atoms with Crippen LogP contribution in [0, 0.1) is 0 Å². The van der Waals surface area contributed by atoms with E-state index < -0.39 is 11.7 Å². The number of aryl methyl sites for hydroxylation is 1. The maximum absolute atomic E-state index is 12.9. The Morgan fingerprint density at radius 3 is 2.19 bits per heavy atom. The number of allylic oxidation sites excluding steroid dienone is 2. The van der Waals surface area contributed by atoms with E-state index in [4.69, 9.17) is 4.74 Å². The SMILES string of the molecule is CCc1ccccc1N(C(=O)OC(C)(C)C)/C(C)=C/C(=O)c1ccccc1. The standard InChI is InChI=1S/C23H27NO3/c1-6-18-12-10-11-15-20(18)24(22(26)27-23(3,4)5)17(2)16-21(25)19-13-8-7-9-14-19/h7-16H,6H2,1-5H3/b17-16+. The van der Waals surface area contributed by atoms with Gasteiger partial charge in [-0.3, -0.25) is 9.69 Å². The molecular weight excluding hydrogens is 338 g/mol. The molecule has 4 heteroatoms. The van der Waals surface area contributed by atoms with E-state index >= 15 is 0 Å². The Balaban J connectivity index is 2.47. The van der Waals surface area contributed by atoms with E-state index in [1.54, 1.807) is 19.1 Å². The molecule has 0 heterocycles. The quantitative estimate of drug-likeness (QED) is 0.498. The van der Waals surface area contributed by atoms with Crippen molar-refractivity contribution < 1.29 is 14.3 Å². The van der Waals surface area contributed by atoms with Gasteiger partial charge in [-0.2, -0.15) is 0 Å². The number of anilines is 1. The average molecular weight is 365 g/mol.